The van der Waals surface area contributed by atoms with Gasteiger partial charge in [-0.25, -0.2) is 0 Å². The highest BCUT2D eigenvalue weighted by molar-refractivity contribution is 6.30. The Hall–Kier alpha value is -2.99. The molecule has 6 nitrogen and oxygen atoms in total. The standard InChI is InChI=1S/C20H20ClN3O3/c1-26-18-6-3-2-5-16(18)17-13-19(24-23-17)22-20(25)7-4-12-27-15-10-8-14(21)9-11-15/h2-3,5-6,8-11,13H,4,7,12H2,1H3,(H2,22,23,24,25). The Labute approximate surface area is 162 Å². The first-order valence-electron chi connectivity index (χ1n) is 8.53. The van der Waals surface area contributed by atoms with E-state index in [9.17, 15) is 4.79 Å². The number of carbonyl (C=O) groups is 1. The van der Waals surface area contributed by atoms with Gasteiger partial charge in [-0.15, -0.1) is 0 Å². The molecular weight excluding hydrogens is 366 g/mol. The van der Waals surface area contributed by atoms with Crippen LogP contribution in [0, 0.1) is 0 Å². The first kappa shape index (κ1) is 18.8. The van der Waals surface area contributed by atoms with Crippen LogP contribution < -0.4 is 14.8 Å². The molecule has 1 amide bonds. The lowest BCUT2D eigenvalue weighted by Crippen LogP contribution is -2.13. The molecule has 0 atom stereocenters. The number of hydrogen-bond acceptors (Lipinski definition) is 4. The molecule has 1 heterocycles. The molecule has 1 aromatic heterocycles. The number of hydrogen-bond donors (Lipinski definition) is 2. The predicted molar refractivity (Wildman–Crippen MR) is 105 cm³/mol. The van der Waals surface area contributed by atoms with Crippen molar-refractivity contribution in [1.82, 2.24) is 10.2 Å². The van der Waals surface area contributed by atoms with Gasteiger partial charge in [0, 0.05) is 23.1 Å². The lowest BCUT2D eigenvalue weighted by atomic mass is 10.1. The molecule has 0 aliphatic rings. The maximum absolute atomic E-state index is 12.1. The summed E-state index contributed by atoms with van der Waals surface area (Å²) >= 11 is 5.83. The fourth-order valence-electron chi connectivity index (χ4n) is 2.55. The number of nitrogens with zero attached hydrogens (tertiary/aromatic N) is 1. The second-order valence-corrected chi connectivity index (χ2v) is 6.26. The van der Waals surface area contributed by atoms with Crippen LogP contribution in [0.25, 0.3) is 11.3 Å². The molecule has 0 aliphatic heterocycles. The molecular formula is C20H20ClN3O3. The number of amides is 1. The SMILES string of the molecule is COc1ccccc1-c1cc(NC(=O)CCCOc2ccc(Cl)cc2)n[nH]1. The molecule has 7 heteroatoms. The third kappa shape index (κ3) is 5.24. The Morgan fingerprint density at radius 2 is 1.96 bits per heavy atom. The van der Waals surface area contributed by atoms with E-state index < -0.39 is 0 Å². The highest BCUT2D eigenvalue weighted by Gasteiger charge is 2.10. The zero-order valence-electron chi connectivity index (χ0n) is 14.9. The Bertz CT molecular complexity index is 893. The van der Waals surface area contributed by atoms with Crippen LogP contribution >= 0.6 is 11.6 Å². The number of benzene rings is 2. The van der Waals surface area contributed by atoms with Crippen LogP contribution in [0.2, 0.25) is 5.02 Å². The highest BCUT2D eigenvalue weighted by atomic mass is 35.5. The number of rotatable bonds is 8. The third-order valence-corrected chi connectivity index (χ3v) is 4.13. The van der Waals surface area contributed by atoms with Crippen molar-refractivity contribution in [2.45, 2.75) is 12.8 Å². The van der Waals surface area contributed by atoms with Crippen LogP contribution in [0.3, 0.4) is 0 Å². The average molecular weight is 386 g/mol. The first-order valence-corrected chi connectivity index (χ1v) is 8.90. The summed E-state index contributed by atoms with van der Waals surface area (Å²) in [4.78, 5) is 12.1. The summed E-state index contributed by atoms with van der Waals surface area (Å²) in [5.41, 5.74) is 1.65. The minimum atomic E-state index is -0.118. The second-order valence-electron chi connectivity index (χ2n) is 5.82. The molecule has 2 N–H and O–H groups in total. The van der Waals surface area contributed by atoms with E-state index in [4.69, 9.17) is 21.1 Å². The van der Waals surface area contributed by atoms with E-state index >= 15 is 0 Å². The smallest absolute Gasteiger partial charge is 0.225 e. The van der Waals surface area contributed by atoms with Gasteiger partial charge in [-0.05, 0) is 42.8 Å². The van der Waals surface area contributed by atoms with E-state index in [1.54, 1.807) is 37.4 Å². The molecule has 0 radical (unpaired) electrons. The van der Waals surface area contributed by atoms with Gasteiger partial charge in [-0.3, -0.25) is 9.89 Å². The minimum Gasteiger partial charge on any atom is -0.496 e. The number of carbonyl (C=O) groups excluding carboxylic acids is 1. The monoisotopic (exact) mass is 385 g/mol. The number of halogens is 1. The van der Waals surface area contributed by atoms with Crippen LogP contribution in [0.1, 0.15) is 12.8 Å². The average Bonchev–Trinajstić information content (AvgIpc) is 3.14. The van der Waals surface area contributed by atoms with Crippen molar-refractivity contribution in [3.05, 3.63) is 59.6 Å². The van der Waals surface area contributed by atoms with Crippen LogP contribution in [-0.2, 0) is 4.79 Å². The van der Waals surface area contributed by atoms with E-state index in [0.29, 0.717) is 30.3 Å². The number of methoxy groups -OCH3 is 1. The van der Waals surface area contributed by atoms with Gasteiger partial charge in [0.1, 0.15) is 11.5 Å². The Kier molecular flexibility index (Phi) is 6.33. The van der Waals surface area contributed by atoms with Gasteiger partial charge >= 0.3 is 0 Å². The first-order chi connectivity index (χ1) is 13.2. The van der Waals surface area contributed by atoms with Gasteiger partial charge in [0.15, 0.2) is 5.82 Å². The number of anilines is 1. The van der Waals surface area contributed by atoms with Crippen molar-refractivity contribution in [2.75, 3.05) is 19.0 Å². The van der Waals surface area contributed by atoms with Gasteiger partial charge in [0.25, 0.3) is 0 Å². The minimum absolute atomic E-state index is 0.118. The van der Waals surface area contributed by atoms with Crippen molar-refractivity contribution in [3.8, 4) is 22.8 Å². The van der Waals surface area contributed by atoms with Crippen LogP contribution in [0.15, 0.2) is 54.6 Å². The number of H-pyrrole nitrogens is 1. The largest absolute Gasteiger partial charge is 0.496 e. The molecule has 0 fully saturated rings. The van der Waals surface area contributed by atoms with E-state index in [0.717, 1.165) is 22.8 Å². The summed E-state index contributed by atoms with van der Waals surface area (Å²) in [5.74, 6) is 1.82. The molecule has 0 aliphatic carbocycles. The maximum Gasteiger partial charge on any atom is 0.225 e. The Balaban J connectivity index is 1.47. The predicted octanol–water partition coefficient (Wildman–Crippen LogP) is 4.54. The van der Waals surface area contributed by atoms with Crippen LogP contribution in [-0.4, -0.2) is 29.8 Å². The van der Waals surface area contributed by atoms with E-state index in [1.165, 1.54) is 0 Å². The van der Waals surface area contributed by atoms with Crippen molar-refractivity contribution in [2.24, 2.45) is 0 Å². The number of aromatic amines is 1. The Morgan fingerprint density at radius 1 is 1.19 bits per heavy atom. The topological polar surface area (TPSA) is 76.2 Å². The number of nitrogens with one attached hydrogen (secondary N) is 2. The molecule has 27 heavy (non-hydrogen) atoms. The highest BCUT2D eigenvalue weighted by Crippen LogP contribution is 2.29. The molecule has 140 valence electrons. The lowest BCUT2D eigenvalue weighted by molar-refractivity contribution is -0.116. The van der Waals surface area contributed by atoms with Crippen LogP contribution in [0.4, 0.5) is 5.82 Å². The number of ether oxygens (including phenoxy) is 2. The zero-order chi connectivity index (χ0) is 19.1. The molecule has 0 bridgehead atoms. The van der Waals surface area contributed by atoms with Gasteiger partial charge in [-0.1, -0.05) is 23.7 Å². The molecule has 0 unspecified atom stereocenters. The normalized spacial score (nSPS) is 10.4. The molecule has 0 saturated carbocycles. The quantitative estimate of drug-likeness (QED) is 0.558. The third-order valence-electron chi connectivity index (χ3n) is 3.87. The summed E-state index contributed by atoms with van der Waals surface area (Å²) in [6.07, 6.45) is 0.933. The van der Waals surface area contributed by atoms with Crippen molar-refractivity contribution < 1.29 is 14.3 Å². The lowest BCUT2D eigenvalue weighted by Gasteiger charge is -2.06. The van der Waals surface area contributed by atoms with Gasteiger partial charge < -0.3 is 14.8 Å². The van der Waals surface area contributed by atoms with Gasteiger partial charge in [0.05, 0.1) is 19.4 Å². The summed E-state index contributed by atoms with van der Waals surface area (Å²) in [6.45, 7) is 0.447. The fourth-order valence-corrected chi connectivity index (χ4v) is 2.68. The zero-order valence-corrected chi connectivity index (χ0v) is 15.6. The van der Waals surface area contributed by atoms with Gasteiger partial charge in [-0.2, -0.15) is 5.10 Å². The Morgan fingerprint density at radius 3 is 2.74 bits per heavy atom. The van der Waals surface area contributed by atoms with E-state index in [-0.39, 0.29) is 5.91 Å². The summed E-state index contributed by atoms with van der Waals surface area (Å²) in [6, 6.07) is 16.5. The van der Waals surface area contributed by atoms with E-state index in [2.05, 4.69) is 15.5 Å². The molecule has 3 rings (SSSR count). The maximum atomic E-state index is 12.1. The molecule has 2 aromatic carbocycles. The summed E-state index contributed by atoms with van der Waals surface area (Å²) in [7, 11) is 1.62. The van der Waals surface area contributed by atoms with Crippen molar-refractivity contribution >= 4 is 23.3 Å². The molecule has 0 saturated heterocycles. The summed E-state index contributed by atoms with van der Waals surface area (Å²) in [5, 5.41) is 10.5. The van der Waals surface area contributed by atoms with Crippen molar-refractivity contribution in [3.63, 3.8) is 0 Å². The van der Waals surface area contributed by atoms with E-state index in [1.807, 2.05) is 24.3 Å². The second kappa shape index (κ2) is 9.09. The van der Waals surface area contributed by atoms with Crippen molar-refractivity contribution in [1.29, 1.82) is 0 Å². The number of aromatic nitrogens is 2. The number of para-hydroxylation sites is 1. The fraction of sp³-hybridized carbons (Fsp3) is 0.200. The van der Waals surface area contributed by atoms with Gasteiger partial charge in [0.2, 0.25) is 5.91 Å². The molecule has 3 aromatic rings. The van der Waals surface area contributed by atoms with Crippen LogP contribution in [0.5, 0.6) is 11.5 Å². The molecule has 0 spiro atoms. The summed E-state index contributed by atoms with van der Waals surface area (Å²) < 4.78 is 10.9.